The first-order valence-corrected chi connectivity index (χ1v) is 9.96. The summed E-state index contributed by atoms with van der Waals surface area (Å²) in [6.45, 7) is 2.30. The monoisotopic (exact) mass is 431 g/mol. The zero-order valence-corrected chi connectivity index (χ0v) is 16.5. The first kappa shape index (κ1) is 20.0. The molecule has 2 N–H and O–H groups in total. The number of ether oxygens (including phenoxy) is 1. The zero-order valence-electron chi connectivity index (χ0n) is 15.7. The molecule has 8 nitrogen and oxygen atoms in total. The zero-order chi connectivity index (χ0) is 20.9. The summed E-state index contributed by atoms with van der Waals surface area (Å²) >= 11 is 1.23. The van der Waals surface area contributed by atoms with Crippen molar-refractivity contribution in [2.45, 2.75) is 45.3 Å². The normalized spacial score (nSPS) is 19.7. The fraction of sp³-hybridized carbons (Fsp3) is 0.588. The molecule has 2 aromatic heterocycles. The van der Waals surface area contributed by atoms with Crippen LogP contribution in [0.1, 0.15) is 16.9 Å². The van der Waals surface area contributed by atoms with Crippen LogP contribution in [0.25, 0.3) is 10.2 Å². The highest BCUT2D eigenvalue weighted by Gasteiger charge is 2.32. The summed E-state index contributed by atoms with van der Waals surface area (Å²) in [4.78, 5) is 32.7. The highest BCUT2D eigenvalue weighted by atomic mass is 32.1. The molecule has 0 aromatic carbocycles. The Morgan fingerprint density at radius 3 is 2.59 bits per heavy atom. The number of thiophene rings is 1. The van der Waals surface area contributed by atoms with Gasteiger partial charge in [0.2, 0.25) is 0 Å². The molecule has 0 radical (unpaired) electrons. The number of nitrogens with two attached hydrogens (primary N) is 1. The first-order chi connectivity index (χ1) is 13.7. The Morgan fingerprint density at radius 1 is 1.31 bits per heavy atom. The number of hydrogen-bond donors (Lipinski definition) is 1. The Morgan fingerprint density at radius 2 is 2.03 bits per heavy atom. The van der Waals surface area contributed by atoms with Crippen molar-refractivity contribution in [3.8, 4) is 0 Å². The van der Waals surface area contributed by atoms with Crippen molar-refractivity contribution in [3.63, 3.8) is 0 Å². The largest absolute Gasteiger partial charge is 0.406 e. The highest BCUT2D eigenvalue weighted by molar-refractivity contribution is 7.18. The third-order valence-corrected chi connectivity index (χ3v) is 6.51. The predicted octanol–water partition coefficient (Wildman–Crippen LogP) is 1.01. The van der Waals surface area contributed by atoms with E-state index < -0.39 is 24.0 Å². The summed E-state index contributed by atoms with van der Waals surface area (Å²) in [7, 11) is 0. The van der Waals surface area contributed by atoms with Crippen LogP contribution >= 0.6 is 11.3 Å². The number of aromatic nitrogens is 2. The van der Waals surface area contributed by atoms with Gasteiger partial charge in [0, 0.05) is 18.0 Å². The fourth-order valence-electron chi connectivity index (χ4n) is 3.54. The van der Waals surface area contributed by atoms with Crippen LogP contribution in [0.4, 0.5) is 13.2 Å². The van der Waals surface area contributed by atoms with Gasteiger partial charge in [-0.05, 0) is 18.9 Å². The van der Waals surface area contributed by atoms with E-state index in [-0.39, 0.29) is 22.6 Å². The van der Waals surface area contributed by atoms with E-state index in [1.807, 2.05) is 4.90 Å². The molecule has 2 aromatic rings. The molecule has 29 heavy (non-hydrogen) atoms. The number of nitrogens with zero attached hydrogens (tertiary/aromatic N) is 4. The summed E-state index contributed by atoms with van der Waals surface area (Å²) in [5.74, 6) is 0.386. The molecule has 0 aliphatic carbocycles. The van der Waals surface area contributed by atoms with E-state index in [4.69, 9.17) is 10.5 Å². The summed E-state index contributed by atoms with van der Waals surface area (Å²) in [5.41, 5.74) is 4.53. The van der Waals surface area contributed by atoms with Gasteiger partial charge in [-0.3, -0.25) is 18.9 Å². The van der Waals surface area contributed by atoms with Gasteiger partial charge in [-0.2, -0.15) is 13.2 Å². The molecule has 2 aliphatic rings. The number of hydrogen-bond acceptors (Lipinski definition) is 7. The Labute approximate surface area is 167 Å². The van der Waals surface area contributed by atoms with Gasteiger partial charge < -0.3 is 15.4 Å². The quantitative estimate of drug-likeness (QED) is 0.763. The van der Waals surface area contributed by atoms with Gasteiger partial charge in [0.25, 0.3) is 5.56 Å². The Hall–Kier alpha value is -2.34. The van der Waals surface area contributed by atoms with Crippen molar-refractivity contribution in [1.29, 1.82) is 0 Å². The van der Waals surface area contributed by atoms with Gasteiger partial charge >= 0.3 is 11.9 Å². The molecule has 1 atom stereocenters. The van der Waals surface area contributed by atoms with E-state index in [0.717, 1.165) is 4.88 Å². The lowest BCUT2D eigenvalue weighted by Gasteiger charge is -2.27. The van der Waals surface area contributed by atoms with Crippen molar-refractivity contribution in [2.75, 3.05) is 19.7 Å². The van der Waals surface area contributed by atoms with Gasteiger partial charge in [0.05, 0.1) is 31.1 Å². The van der Waals surface area contributed by atoms with Crippen LogP contribution in [0.2, 0.25) is 0 Å². The molecule has 4 heterocycles. The molecule has 1 fully saturated rings. The van der Waals surface area contributed by atoms with Crippen LogP contribution < -0.4 is 17.0 Å². The second-order valence-corrected chi connectivity index (χ2v) is 8.26. The van der Waals surface area contributed by atoms with Crippen molar-refractivity contribution >= 4 is 27.5 Å². The first-order valence-electron chi connectivity index (χ1n) is 9.14. The molecule has 1 saturated heterocycles. The van der Waals surface area contributed by atoms with Crippen LogP contribution in [-0.4, -0.2) is 52.0 Å². The maximum atomic E-state index is 13.0. The Balaban J connectivity index is 1.87. The maximum absolute atomic E-state index is 13.0. The molecular weight excluding hydrogens is 411 g/mol. The average molecular weight is 431 g/mol. The summed E-state index contributed by atoms with van der Waals surface area (Å²) in [6.07, 6.45) is -4.22. The Kier molecular flexibility index (Phi) is 4.93. The minimum absolute atomic E-state index is 0.111. The number of fused-ring (bicyclic) bond motifs is 1. The third kappa shape index (κ3) is 3.66. The maximum Gasteiger partial charge on any atom is 0.406 e. The molecule has 2 aliphatic heterocycles. The standard InChI is InChI=1S/C17H20F3N5O3S/c1-9-11(7-23-4-3-22-15(23)21)29-14-12(9)13(26)25(8-17(18,19)20)16(27)24(14)6-10-2-5-28-10/h10H,2-8H2,1H3,(H2,21,22). The van der Waals surface area contributed by atoms with E-state index >= 15 is 0 Å². The van der Waals surface area contributed by atoms with Crippen molar-refractivity contribution in [1.82, 2.24) is 14.0 Å². The van der Waals surface area contributed by atoms with Crippen molar-refractivity contribution < 1.29 is 17.9 Å². The van der Waals surface area contributed by atoms with Gasteiger partial charge in [0.1, 0.15) is 11.4 Å². The minimum Gasteiger partial charge on any atom is -0.376 e. The van der Waals surface area contributed by atoms with Crippen LogP contribution in [0.5, 0.6) is 0 Å². The number of halogens is 3. The van der Waals surface area contributed by atoms with Gasteiger partial charge in [-0.25, -0.2) is 4.79 Å². The van der Waals surface area contributed by atoms with Crippen LogP contribution in [0, 0.1) is 6.92 Å². The number of aliphatic imine (C=N–C) groups is 1. The second kappa shape index (κ2) is 7.17. The van der Waals surface area contributed by atoms with E-state index in [1.165, 1.54) is 15.9 Å². The van der Waals surface area contributed by atoms with Gasteiger partial charge in [-0.1, -0.05) is 0 Å². The van der Waals surface area contributed by atoms with Crippen molar-refractivity contribution in [2.24, 2.45) is 10.7 Å². The molecule has 1 unspecified atom stereocenters. The summed E-state index contributed by atoms with van der Waals surface area (Å²) in [5, 5.41) is 0.142. The van der Waals surface area contributed by atoms with E-state index in [2.05, 4.69) is 4.99 Å². The van der Waals surface area contributed by atoms with E-state index in [9.17, 15) is 22.8 Å². The Bertz CT molecular complexity index is 1100. The second-order valence-electron chi connectivity index (χ2n) is 7.17. The SMILES string of the molecule is Cc1c(CN2CCN=C2N)sc2c1c(=O)n(CC(F)(F)F)c(=O)n2CC1CCO1. The highest BCUT2D eigenvalue weighted by Crippen LogP contribution is 2.30. The van der Waals surface area contributed by atoms with Gasteiger partial charge in [-0.15, -0.1) is 11.3 Å². The molecule has 158 valence electrons. The van der Waals surface area contributed by atoms with Crippen LogP contribution in [0.15, 0.2) is 14.6 Å². The summed E-state index contributed by atoms with van der Waals surface area (Å²) < 4.78 is 46.0. The molecule has 0 spiro atoms. The van der Waals surface area contributed by atoms with E-state index in [0.29, 0.717) is 49.0 Å². The average Bonchev–Trinajstić information content (AvgIpc) is 3.13. The van der Waals surface area contributed by atoms with Crippen LogP contribution in [0.3, 0.4) is 0 Å². The number of rotatable bonds is 5. The fourth-order valence-corrected chi connectivity index (χ4v) is 4.85. The smallest absolute Gasteiger partial charge is 0.376 e. The lowest BCUT2D eigenvalue weighted by Crippen LogP contribution is -2.45. The lowest BCUT2D eigenvalue weighted by molar-refractivity contribution is -0.142. The number of aryl methyl sites for hydroxylation is 1. The molecular formula is C17H20F3N5O3S. The topological polar surface area (TPSA) is 94.9 Å². The van der Waals surface area contributed by atoms with Crippen LogP contribution in [-0.2, 0) is 24.4 Å². The lowest BCUT2D eigenvalue weighted by atomic mass is 10.2. The van der Waals surface area contributed by atoms with Crippen molar-refractivity contribution in [3.05, 3.63) is 31.3 Å². The molecule has 0 bridgehead atoms. The third-order valence-electron chi connectivity index (χ3n) is 5.21. The molecule has 0 amide bonds. The van der Waals surface area contributed by atoms with E-state index in [1.54, 1.807) is 6.92 Å². The number of guanidine groups is 1. The molecule has 0 saturated carbocycles. The molecule has 4 rings (SSSR count). The molecule has 12 heteroatoms. The number of alkyl halides is 3. The summed E-state index contributed by atoms with van der Waals surface area (Å²) in [6, 6.07) is 0. The van der Waals surface area contributed by atoms with Gasteiger partial charge in [0.15, 0.2) is 5.96 Å². The minimum atomic E-state index is -4.69. The predicted molar refractivity (Wildman–Crippen MR) is 102 cm³/mol.